The summed E-state index contributed by atoms with van der Waals surface area (Å²) in [5, 5.41) is 8.55. The Morgan fingerprint density at radius 2 is 2.12 bits per heavy atom. The molecule has 0 aliphatic carbocycles. The van der Waals surface area contributed by atoms with E-state index in [-0.39, 0.29) is 17.3 Å². The maximum absolute atomic E-state index is 13.4. The number of aromatic nitrogens is 2. The topological polar surface area (TPSA) is 58.8 Å². The number of halogens is 1. The maximum atomic E-state index is 13.4. The molecule has 84 valence electrons. The van der Waals surface area contributed by atoms with Crippen LogP contribution in [0.3, 0.4) is 0 Å². The number of nitriles is 1. The van der Waals surface area contributed by atoms with Crippen molar-refractivity contribution in [2.75, 3.05) is 0 Å². The van der Waals surface area contributed by atoms with Crippen molar-refractivity contribution >= 4 is 0 Å². The Hall–Kier alpha value is -2.48. The van der Waals surface area contributed by atoms with Crippen molar-refractivity contribution in [1.29, 1.82) is 5.26 Å². The van der Waals surface area contributed by atoms with Crippen LogP contribution < -0.4 is 4.74 Å². The monoisotopic (exact) mass is 229 g/mol. The first-order chi connectivity index (χ1) is 8.19. The van der Waals surface area contributed by atoms with Gasteiger partial charge in [0.25, 0.3) is 0 Å². The van der Waals surface area contributed by atoms with Gasteiger partial charge in [0.2, 0.25) is 5.88 Å². The Morgan fingerprint density at radius 1 is 1.29 bits per heavy atom. The van der Waals surface area contributed by atoms with E-state index in [1.807, 2.05) is 13.0 Å². The van der Waals surface area contributed by atoms with E-state index >= 15 is 0 Å². The molecule has 4 nitrogen and oxygen atoms in total. The lowest BCUT2D eigenvalue weighted by atomic mass is 10.2. The van der Waals surface area contributed by atoms with E-state index in [2.05, 4.69) is 9.97 Å². The van der Waals surface area contributed by atoms with Crippen LogP contribution in [0.4, 0.5) is 4.39 Å². The van der Waals surface area contributed by atoms with Crippen molar-refractivity contribution < 1.29 is 9.13 Å². The Labute approximate surface area is 97.3 Å². The minimum absolute atomic E-state index is 0.0870. The molecule has 0 spiro atoms. The second kappa shape index (κ2) is 4.58. The second-order valence-electron chi connectivity index (χ2n) is 3.39. The molecule has 5 heteroatoms. The summed E-state index contributed by atoms with van der Waals surface area (Å²) in [7, 11) is 0. The molecule has 0 amide bonds. The molecule has 17 heavy (non-hydrogen) atoms. The van der Waals surface area contributed by atoms with Crippen LogP contribution in [0, 0.1) is 24.1 Å². The van der Waals surface area contributed by atoms with E-state index in [0.29, 0.717) is 0 Å². The normalized spacial score (nSPS) is 9.71. The van der Waals surface area contributed by atoms with Gasteiger partial charge in [-0.25, -0.2) is 14.4 Å². The van der Waals surface area contributed by atoms with E-state index in [1.165, 1.54) is 18.5 Å². The highest BCUT2D eigenvalue weighted by Crippen LogP contribution is 2.23. The smallest absolute Gasteiger partial charge is 0.238 e. The predicted octanol–water partition coefficient (Wildman–Crippen LogP) is 2.59. The zero-order valence-corrected chi connectivity index (χ0v) is 9.01. The average molecular weight is 229 g/mol. The summed E-state index contributed by atoms with van der Waals surface area (Å²) in [5.74, 6) is -0.237. The Kier molecular flexibility index (Phi) is 2.97. The largest absolute Gasteiger partial charge is 0.434 e. The molecule has 1 aromatic carbocycles. The number of benzene rings is 1. The third kappa shape index (κ3) is 2.55. The van der Waals surface area contributed by atoms with Gasteiger partial charge in [-0.2, -0.15) is 5.26 Å². The zero-order chi connectivity index (χ0) is 12.3. The molecule has 0 unspecified atom stereocenters. The molecular weight excluding hydrogens is 221 g/mol. The summed E-state index contributed by atoms with van der Waals surface area (Å²) in [6, 6.07) is 6.37. The quantitative estimate of drug-likeness (QED) is 0.794. The molecule has 2 rings (SSSR count). The molecule has 0 saturated heterocycles. The lowest BCUT2D eigenvalue weighted by molar-refractivity contribution is 0.425. The molecule has 1 aromatic heterocycles. The van der Waals surface area contributed by atoms with Crippen LogP contribution in [0.1, 0.15) is 11.3 Å². The molecule has 0 aliphatic rings. The van der Waals surface area contributed by atoms with Gasteiger partial charge in [-0.1, -0.05) is 6.07 Å². The van der Waals surface area contributed by atoms with Crippen molar-refractivity contribution in [1.82, 2.24) is 9.97 Å². The zero-order valence-electron chi connectivity index (χ0n) is 9.01. The molecule has 0 N–H and O–H groups in total. The fourth-order valence-electron chi connectivity index (χ4n) is 1.23. The summed E-state index contributed by atoms with van der Waals surface area (Å²) in [4.78, 5) is 7.62. The van der Waals surface area contributed by atoms with Crippen LogP contribution in [-0.4, -0.2) is 9.97 Å². The summed E-state index contributed by atoms with van der Waals surface area (Å²) >= 11 is 0. The highest BCUT2D eigenvalue weighted by molar-refractivity contribution is 5.32. The standard InChI is InChI=1S/C12H8FN3O/c1-8-2-3-10(13)11(4-8)17-12-7-15-9(5-14)6-16-12/h2-4,6-7H,1H3. The van der Waals surface area contributed by atoms with Gasteiger partial charge < -0.3 is 4.74 Å². The molecule has 0 saturated carbocycles. The first-order valence-corrected chi connectivity index (χ1v) is 4.85. The van der Waals surface area contributed by atoms with Crippen molar-refractivity contribution in [2.45, 2.75) is 6.92 Å². The van der Waals surface area contributed by atoms with Crippen molar-refractivity contribution in [2.24, 2.45) is 0 Å². The van der Waals surface area contributed by atoms with E-state index in [0.717, 1.165) is 5.56 Å². The Morgan fingerprint density at radius 3 is 2.76 bits per heavy atom. The number of nitrogens with zero attached hydrogens (tertiary/aromatic N) is 3. The summed E-state index contributed by atoms with van der Waals surface area (Å²) in [5.41, 5.74) is 1.06. The Bertz CT molecular complexity index is 575. The molecule has 0 fully saturated rings. The summed E-state index contributed by atoms with van der Waals surface area (Å²) in [6.45, 7) is 1.83. The third-order valence-electron chi connectivity index (χ3n) is 2.04. The molecule has 0 atom stereocenters. The minimum atomic E-state index is -0.471. The second-order valence-corrected chi connectivity index (χ2v) is 3.39. The van der Waals surface area contributed by atoms with Crippen LogP contribution in [0.15, 0.2) is 30.6 Å². The highest BCUT2D eigenvalue weighted by atomic mass is 19.1. The summed E-state index contributed by atoms with van der Waals surface area (Å²) < 4.78 is 18.6. The molecule has 0 aliphatic heterocycles. The van der Waals surface area contributed by atoms with Gasteiger partial charge in [-0.15, -0.1) is 0 Å². The maximum Gasteiger partial charge on any atom is 0.238 e. The number of aryl methyl sites for hydroxylation is 1. The fourth-order valence-corrected chi connectivity index (χ4v) is 1.23. The molecular formula is C12H8FN3O. The average Bonchev–Trinajstić information content (AvgIpc) is 2.35. The molecule has 0 radical (unpaired) electrons. The van der Waals surface area contributed by atoms with Gasteiger partial charge in [0.05, 0.1) is 12.4 Å². The van der Waals surface area contributed by atoms with Crippen molar-refractivity contribution in [3.8, 4) is 17.7 Å². The number of hydrogen-bond donors (Lipinski definition) is 0. The van der Waals surface area contributed by atoms with Crippen LogP contribution in [0.5, 0.6) is 11.6 Å². The van der Waals surface area contributed by atoms with Crippen molar-refractivity contribution in [3.05, 3.63) is 47.7 Å². The van der Waals surface area contributed by atoms with Gasteiger partial charge in [0, 0.05) is 0 Å². The number of ether oxygens (including phenoxy) is 1. The molecule has 2 aromatic rings. The first-order valence-electron chi connectivity index (χ1n) is 4.85. The van der Waals surface area contributed by atoms with Gasteiger partial charge in [-0.05, 0) is 24.6 Å². The van der Waals surface area contributed by atoms with Gasteiger partial charge in [-0.3, -0.25) is 0 Å². The highest BCUT2D eigenvalue weighted by Gasteiger charge is 2.06. The van der Waals surface area contributed by atoms with E-state index in [1.54, 1.807) is 12.1 Å². The van der Waals surface area contributed by atoms with Crippen LogP contribution in [-0.2, 0) is 0 Å². The van der Waals surface area contributed by atoms with E-state index in [4.69, 9.17) is 10.00 Å². The van der Waals surface area contributed by atoms with Gasteiger partial charge >= 0.3 is 0 Å². The van der Waals surface area contributed by atoms with Crippen LogP contribution >= 0.6 is 0 Å². The minimum Gasteiger partial charge on any atom is -0.434 e. The SMILES string of the molecule is Cc1ccc(F)c(Oc2cnc(C#N)cn2)c1. The van der Waals surface area contributed by atoms with Crippen LogP contribution in [0.2, 0.25) is 0 Å². The number of rotatable bonds is 2. The summed E-state index contributed by atoms with van der Waals surface area (Å²) in [6.07, 6.45) is 2.55. The number of hydrogen-bond acceptors (Lipinski definition) is 4. The predicted molar refractivity (Wildman–Crippen MR) is 58.0 cm³/mol. The lowest BCUT2D eigenvalue weighted by Gasteiger charge is -2.05. The van der Waals surface area contributed by atoms with E-state index < -0.39 is 5.82 Å². The van der Waals surface area contributed by atoms with Crippen LogP contribution in [0.25, 0.3) is 0 Å². The first kappa shape index (κ1) is 11.0. The lowest BCUT2D eigenvalue weighted by Crippen LogP contribution is -1.93. The molecule has 0 bridgehead atoms. The van der Waals surface area contributed by atoms with Crippen molar-refractivity contribution in [3.63, 3.8) is 0 Å². The fraction of sp³-hybridized carbons (Fsp3) is 0.0833. The Balaban J connectivity index is 2.25. The van der Waals surface area contributed by atoms with E-state index in [9.17, 15) is 4.39 Å². The molecule has 1 heterocycles. The van der Waals surface area contributed by atoms with Gasteiger partial charge in [0.1, 0.15) is 6.07 Å². The third-order valence-corrected chi connectivity index (χ3v) is 2.04. The van der Waals surface area contributed by atoms with Gasteiger partial charge in [0.15, 0.2) is 17.3 Å².